The summed E-state index contributed by atoms with van der Waals surface area (Å²) < 4.78 is 44.1. The van der Waals surface area contributed by atoms with Gasteiger partial charge in [0.25, 0.3) is 0 Å². The molecular formula is C24H24F3NO2. The molecule has 1 fully saturated rings. The minimum Gasteiger partial charge on any atom is -0.445 e. The van der Waals surface area contributed by atoms with Crippen LogP contribution in [0.25, 0.3) is 11.1 Å². The van der Waals surface area contributed by atoms with Gasteiger partial charge in [0.2, 0.25) is 0 Å². The Balaban J connectivity index is 1.70. The number of benzene rings is 2. The fourth-order valence-electron chi connectivity index (χ4n) is 4.92. The third kappa shape index (κ3) is 3.59. The number of hydrogen-bond donors (Lipinski definition) is 0. The van der Waals surface area contributed by atoms with Crippen molar-refractivity contribution in [3.63, 3.8) is 0 Å². The van der Waals surface area contributed by atoms with Crippen LogP contribution in [0.3, 0.4) is 0 Å². The lowest BCUT2D eigenvalue weighted by Gasteiger charge is -2.27. The fourth-order valence-corrected chi connectivity index (χ4v) is 4.92. The van der Waals surface area contributed by atoms with E-state index >= 15 is 0 Å². The number of carbonyl (C=O) groups excluding carboxylic acids is 1. The molecule has 3 unspecified atom stereocenters. The second-order valence-electron chi connectivity index (χ2n) is 8.06. The lowest BCUT2D eigenvalue weighted by Crippen LogP contribution is -2.35. The van der Waals surface area contributed by atoms with E-state index in [1.807, 2.05) is 12.1 Å². The summed E-state index contributed by atoms with van der Waals surface area (Å²) in [5.74, 6) is 0.770. The molecule has 0 saturated carbocycles. The Morgan fingerprint density at radius 2 is 1.93 bits per heavy atom. The monoisotopic (exact) mass is 415 g/mol. The predicted molar refractivity (Wildman–Crippen MR) is 109 cm³/mol. The van der Waals surface area contributed by atoms with E-state index in [9.17, 15) is 18.0 Å². The second-order valence-corrected chi connectivity index (χ2v) is 8.06. The van der Waals surface area contributed by atoms with E-state index < -0.39 is 11.7 Å². The smallest absolute Gasteiger partial charge is 0.416 e. The molecule has 2 bridgehead atoms. The molecule has 1 saturated heterocycles. The van der Waals surface area contributed by atoms with Crippen molar-refractivity contribution in [3.05, 3.63) is 71.8 Å². The first-order chi connectivity index (χ1) is 14.3. The van der Waals surface area contributed by atoms with Crippen molar-refractivity contribution in [3.8, 4) is 11.1 Å². The number of carbonyl (C=O) groups is 1. The van der Waals surface area contributed by atoms with Gasteiger partial charge in [-0.3, -0.25) is 0 Å². The molecule has 2 aliphatic rings. The summed E-state index contributed by atoms with van der Waals surface area (Å²) in [6.45, 7) is 7.12. The minimum absolute atomic E-state index is 0.113. The van der Waals surface area contributed by atoms with Crippen molar-refractivity contribution in [1.82, 2.24) is 4.90 Å². The van der Waals surface area contributed by atoms with Gasteiger partial charge in [-0.15, -0.1) is 0 Å². The predicted octanol–water partition coefficient (Wildman–Crippen LogP) is 6.22. The Kier molecular flexibility index (Phi) is 5.35. The van der Waals surface area contributed by atoms with Crippen LogP contribution in [0.1, 0.15) is 41.9 Å². The maximum absolute atomic E-state index is 13.0. The zero-order valence-corrected chi connectivity index (χ0v) is 16.8. The zero-order chi connectivity index (χ0) is 21.5. The maximum atomic E-state index is 13.0. The number of nitrogens with zero attached hydrogens (tertiary/aromatic N) is 1. The molecule has 0 N–H and O–H groups in total. The number of halogens is 3. The van der Waals surface area contributed by atoms with Crippen LogP contribution in [0.15, 0.2) is 55.1 Å². The average molecular weight is 415 g/mol. The molecular weight excluding hydrogens is 391 g/mol. The van der Waals surface area contributed by atoms with Crippen LogP contribution in [0.4, 0.5) is 18.0 Å². The lowest BCUT2D eigenvalue weighted by atomic mass is 9.87. The Morgan fingerprint density at radius 1 is 1.20 bits per heavy atom. The summed E-state index contributed by atoms with van der Waals surface area (Å²) in [5.41, 5.74) is 3.46. The first-order valence-corrected chi connectivity index (χ1v) is 10.1. The maximum Gasteiger partial charge on any atom is 0.416 e. The quantitative estimate of drug-likeness (QED) is 0.557. The molecule has 1 amide bonds. The minimum atomic E-state index is -4.35. The van der Waals surface area contributed by atoms with Crippen molar-refractivity contribution in [2.45, 2.75) is 31.4 Å². The van der Waals surface area contributed by atoms with Crippen molar-refractivity contribution >= 4 is 6.09 Å². The number of amides is 1. The van der Waals surface area contributed by atoms with Gasteiger partial charge in [-0.25, -0.2) is 4.79 Å². The highest BCUT2D eigenvalue weighted by Gasteiger charge is 2.43. The molecule has 3 nitrogen and oxygen atoms in total. The number of rotatable bonds is 3. The van der Waals surface area contributed by atoms with Gasteiger partial charge in [-0.1, -0.05) is 49.9 Å². The number of ether oxygens (including phenoxy) is 1. The molecule has 2 aromatic carbocycles. The first-order valence-electron chi connectivity index (χ1n) is 10.1. The van der Waals surface area contributed by atoms with Gasteiger partial charge in [0, 0.05) is 19.0 Å². The third-order valence-electron chi connectivity index (χ3n) is 6.41. The molecule has 1 aliphatic heterocycles. The van der Waals surface area contributed by atoms with Crippen molar-refractivity contribution in [2.75, 3.05) is 19.7 Å². The van der Waals surface area contributed by atoms with E-state index in [1.165, 1.54) is 17.7 Å². The normalized spacial score (nSPS) is 22.9. The second kappa shape index (κ2) is 7.82. The highest BCUT2D eigenvalue weighted by Crippen LogP contribution is 2.53. The number of hydrogen-bond acceptors (Lipinski definition) is 2. The molecule has 6 heteroatoms. The molecule has 0 aromatic heterocycles. The van der Waals surface area contributed by atoms with E-state index in [0.717, 1.165) is 35.2 Å². The van der Waals surface area contributed by atoms with E-state index in [2.05, 4.69) is 19.6 Å². The molecule has 0 spiro atoms. The molecule has 4 rings (SSSR count). The summed E-state index contributed by atoms with van der Waals surface area (Å²) >= 11 is 0. The summed E-state index contributed by atoms with van der Waals surface area (Å²) in [7, 11) is 0. The van der Waals surface area contributed by atoms with Crippen molar-refractivity contribution < 1.29 is 22.7 Å². The van der Waals surface area contributed by atoms with Gasteiger partial charge in [0.1, 0.15) is 6.61 Å². The van der Waals surface area contributed by atoms with Gasteiger partial charge >= 0.3 is 12.3 Å². The number of fused-ring (bicyclic) bond motifs is 5. The fraction of sp³-hybridized carbons (Fsp3) is 0.375. The number of likely N-dealkylation sites (tertiary alicyclic amines) is 1. The van der Waals surface area contributed by atoms with Crippen LogP contribution in [0.5, 0.6) is 0 Å². The standard InChI is InChI=1S/C24H24F3NO2/c1-3-13-30-23(29)28-12-11-18-15(2)21(14-28)22-19(5-4-6-20(18)22)16-7-9-17(10-8-16)24(25,26)27/h3-10,15,18,21H,1,11-14H2,2H3. The summed E-state index contributed by atoms with van der Waals surface area (Å²) in [5, 5.41) is 0. The largest absolute Gasteiger partial charge is 0.445 e. The summed E-state index contributed by atoms with van der Waals surface area (Å²) in [6.07, 6.45) is -2.32. The van der Waals surface area contributed by atoms with E-state index in [1.54, 1.807) is 11.0 Å². The Morgan fingerprint density at radius 3 is 2.60 bits per heavy atom. The van der Waals surface area contributed by atoms with Crippen LogP contribution in [0.2, 0.25) is 0 Å². The van der Waals surface area contributed by atoms with Crippen molar-refractivity contribution in [2.24, 2.45) is 5.92 Å². The SMILES string of the molecule is C=CCOC(=O)N1CCC2c3cccc(-c4ccc(C(F)(F)F)cc4)c3C(C1)C2C. The van der Waals surface area contributed by atoms with Gasteiger partial charge in [-0.2, -0.15) is 13.2 Å². The van der Waals surface area contributed by atoms with E-state index in [-0.39, 0.29) is 18.6 Å². The van der Waals surface area contributed by atoms with Gasteiger partial charge in [-0.05, 0) is 52.6 Å². The van der Waals surface area contributed by atoms with Gasteiger partial charge in [0.15, 0.2) is 0 Å². The lowest BCUT2D eigenvalue weighted by molar-refractivity contribution is -0.137. The number of alkyl halides is 3. The van der Waals surface area contributed by atoms with Gasteiger partial charge < -0.3 is 9.64 Å². The zero-order valence-electron chi connectivity index (χ0n) is 16.8. The molecule has 158 valence electrons. The third-order valence-corrected chi connectivity index (χ3v) is 6.41. The van der Waals surface area contributed by atoms with Gasteiger partial charge in [0.05, 0.1) is 5.56 Å². The van der Waals surface area contributed by atoms with Crippen molar-refractivity contribution in [1.29, 1.82) is 0 Å². The average Bonchev–Trinajstić information content (AvgIpc) is 2.86. The molecule has 2 aromatic rings. The molecule has 0 radical (unpaired) electrons. The van der Waals surface area contributed by atoms with Crippen LogP contribution < -0.4 is 0 Å². The summed E-state index contributed by atoms with van der Waals surface area (Å²) in [4.78, 5) is 14.2. The Hall–Kier alpha value is -2.76. The van der Waals surface area contributed by atoms with E-state index in [0.29, 0.717) is 24.9 Å². The Bertz CT molecular complexity index is 952. The summed E-state index contributed by atoms with van der Waals surface area (Å²) in [6, 6.07) is 11.4. The Labute approximate surface area is 174 Å². The molecule has 1 heterocycles. The van der Waals surface area contributed by atoms with Crippen LogP contribution in [0, 0.1) is 5.92 Å². The highest BCUT2D eigenvalue weighted by atomic mass is 19.4. The molecule has 1 aliphatic carbocycles. The highest BCUT2D eigenvalue weighted by molar-refractivity contribution is 5.73. The molecule has 30 heavy (non-hydrogen) atoms. The van der Waals surface area contributed by atoms with Crippen LogP contribution in [-0.2, 0) is 10.9 Å². The topological polar surface area (TPSA) is 29.5 Å². The first kappa shape index (κ1) is 20.5. The molecule has 3 atom stereocenters. The van der Waals surface area contributed by atoms with E-state index in [4.69, 9.17) is 4.74 Å². The van der Waals surface area contributed by atoms with Crippen LogP contribution >= 0.6 is 0 Å². The van der Waals surface area contributed by atoms with Crippen LogP contribution in [-0.4, -0.2) is 30.7 Å².